The number of nitrogens with one attached hydrogen (secondary N) is 3. The molecule has 0 bridgehead atoms. The van der Waals surface area contributed by atoms with Crippen LogP contribution in [0.1, 0.15) is 5.56 Å². The minimum atomic E-state index is -3.81. The Morgan fingerprint density at radius 3 is 2.54 bits per heavy atom. The van der Waals surface area contributed by atoms with Crippen LogP contribution in [0, 0.1) is 0 Å². The fraction of sp³-hybridized carbons (Fsp3) is 0.154. The number of carbonyl (C=O) groups excluding carboxylic acids is 1. The molecule has 1 aromatic carbocycles. The molecule has 24 heavy (non-hydrogen) atoms. The first-order chi connectivity index (χ1) is 11.3. The lowest BCUT2D eigenvalue weighted by atomic mass is 10.2. The number of urea groups is 1. The van der Waals surface area contributed by atoms with Crippen molar-refractivity contribution in [3.63, 3.8) is 0 Å². The largest absolute Gasteiger partial charge is 0.340 e. The summed E-state index contributed by atoms with van der Waals surface area (Å²) in [7, 11) is -2.14. The van der Waals surface area contributed by atoms with E-state index in [2.05, 4.69) is 25.3 Å². The van der Waals surface area contributed by atoms with Crippen molar-refractivity contribution < 1.29 is 13.2 Å². The predicted molar refractivity (Wildman–Crippen MR) is 89.0 cm³/mol. The minimum Gasteiger partial charge on any atom is -0.340 e. The molecule has 0 unspecified atom stereocenters. The maximum Gasteiger partial charge on any atom is 0.323 e. The van der Waals surface area contributed by atoms with E-state index in [1.54, 1.807) is 31.3 Å². The Morgan fingerprint density at radius 1 is 1.21 bits per heavy atom. The number of benzene rings is 1. The quantitative estimate of drug-likeness (QED) is 0.643. The SMILES string of the molecule is CN1Cc2c(ncnc2Nc2ccc(NS(N)(=O)=O)cc2)NC1=O. The molecule has 126 valence electrons. The molecule has 2 heterocycles. The van der Waals surface area contributed by atoms with Crippen LogP contribution in [0.3, 0.4) is 0 Å². The zero-order valence-electron chi connectivity index (χ0n) is 12.6. The predicted octanol–water partition coefficient (Wildman–Crippen LogP) is 0.813. The van der Waals surface area contributed by atoms with Crippen LogP contribution in [0.2, 0.25) is 0 Å². The average Bonchev–Trinajstić information content (AvgIpc) is 2.50. The Bertz CT molecular complexity index is 883. The van der Waals surface area contributed by atoms with Gasteiger partial charge in [-0.15, -0.1) is 0 Å². The molecule has 0 radical (unpaired) electrons. The number of anilines is 4. The van der Waals surface area contributed by atoms with Gasteiger partial charge in [-0.2, -0.15) is 8.42 Å². The Balaban J connectivity index is 1.82. The van der Waals surface area contributed by atoms with Gasteiger partial charge in [-0.1, -0.05) is 0 Å². The molecule has 0 saturated heterocycles. The van der Waals surface area contributed by atoms with Crippen LogP contribution >= 0.6 is 0 Å². The van der Waals surface area contributed by atoms with Crippen molar-refractivity contribution in [2.24, 2.45) is 5.14 Å². The third-order valence-corrected chi connectivity index (χ3v) is 3.84. The van der Waals surface area contributed by atoms with Gasteiger partial charge in [0.2, 0.25) is 0 Å². The highest BCUT2D eigenvalue weighted by Crippen LogP contribution is 2.28. The fourth-order valence-corrected chi connectivity index (χ4v) is 2.67. The summed E-state index contributed by atoms with van der Waals surface area (Å²) in [6, 6.07) is 6.24. The lowest BCUT2D eigenvalue weighted by molar-refractivity contribution is 0.218. The van der Waals surface area contributed by atoms with Crippen molar-refractivity contribution in [3.05, 3.63) is 36.2 Å². The molecule has 0 aliphatic carbocycles. The fourth-order valence-electron chi connectivity index (χ4n) is 2.21. The van der Waals surface area contributed by atoms with Crippen molar-refractivity contribution in [2.75, 3.05) is 22.4 Å². The zero-order valence-corrected chi connectivity index (χ0v) is 13.5. The van der Waals surface area contributed by atoms with E-state index in [0.29, 0.717) is 29.6 Å². The van der Waals surface area contributed by atoms with Crippen LogP contribution in [-0.4, -0.2) is 36.4 Å². The zero-order chi connectivity index (χ0) is 17.3. The normalized spacial score (nSPS) is 13.9. The number of amides is 2. The number of fused-ring (bicyclic) bond motifs is 1. The second kappa shape index (κ2) is 5.94. The number of aromatic nitrogens is 2. The van der Waals surface area contributed by atoms with Gasteiger partial charge < -0.3 is 10.2 Å². The first-order valence-electron chi connectivity index (χ1n) is 6.85. The van der Waals surface area contributed by atoms with Crippen molar-refractivity contribution >= 4 is 39.3 Å². The monoisotopic (exact) mass is 349 g/mol. The number of nitrogens with zero attached hydrogens (tertiary/aromatic N) is 3. The van der Waals surface area contributed by atoms with E-state index < -0.39 is 10.2 Å². The highest BCUT2D eigenvalue weighted by atomic mass is 32.2. The van der Waals surface area contributed by atoms with Gasteiger partial charge in [0, 0.05) is 18.4 Å². The minimum absolute atomic E-state index is 0.231. The standard InChI is InChI=1S/C13H15N7O3S/c1-20-6-10-11(15-7-16-12(10)18-13(20)21)17-8-2-4-9(5-3-8)19-24(14,22)23/h2-5,7,19H,6H2,1H3,(H2,14,22,23)(H2,15,16,17,18,21). The van der Waals surface area contributed by atoms with Crippen LogP contribution in [-0.2, 0) is 16.8 Å². The van der Waals surface area contributed by atoms with Gasteiger partial charge in [-0.05, 0) is 24.3 Å². The topological polar surface area (TPSA) is 142 Å². The number of hydrogen-bond donors (Lipinski definition) is 4. The number of hydrogen-bond acceptors (Lipinski definition) is 6. The molecule has 3 rings (SSSR count). The first kappa shape index (κ1) is 16.0. The highest BCUT2D eigenvalue weighted by molar-refractivity contribution is 7.90. The molecular weight excluding hydrogens is 334 g/mol. The van der Waals surface area contributed by atoms with Crippen molar-refractivity contribution in [2.45, 2.75) is 6.54 Å². The van der Waals surface area contributed by atoms with E-state index >= 15 is 0 Å². The van der Waals surface area contributed by atoms with Gasteiger partial charge in [0.1, 0.15) is 18.0 Å². The van der Waals surface area contributed by atoms with E-state index in [0.717, 1.165) is 5.56 Å². The molecule has 11 heteroatoms. The Labute approximate surface area is 138 Å². The molecule has 1 aliphatic rings. The molecule has 2 amide bonds. The van der Waals surface area contributed by atoms with E-state index in [-0.39, 0.29) is 6.03 Å². The number of carbonyl (C=O) groups is 1. The van der Waals surface area contributed by atoms with E-state index in [1.807, 2.05) is 0 Å². The lowest BCUT2D eigenvalue weighted by Crippen LogP contribution is -2.36. The summed E-state index contributed by atoms with van der Waals surface area (Å²) in [5.74, 6) is 1.02. The number of rotatable bonds is 4. The molecule has 1 aromatic heterocycles. The van der Waals surface area contributed by atoms with Crippen molar-refractivity contribution in [1.82, 2.24) is 14.9 Å². The van der Waals surface area contributed by atoms with Crippen molar-refractivity contribution in [3.8, 4) is 0 Å². The maximum atomic E-state index is 11.6. The summed E-state index contributed by atoms with van der Waals surface area (Å²) < 4.78 is 24.2. The van der Waals surface area contributed by atoms with Crippen LogP contribution in [0.25, 0.3) is 0 Å². The average molecular weight is 349 g/mol. The Kier molecular flexibility index (Phi) is 3.95. The van der Waals surface area contributed by atoms with Crippen LogP contribution in [0.5, 0.6) is 0 Å². The van der Waals surface area contributed by atoms with Crippen LogP contribution in [0.4, 0.5) is 27.8 Å². The molecule has 5 N–H and O–H groups in total. The van der Waals surface area contributed by atoms with Gasteiger partial charge in [0.15, 0.2) is 0 Å². The maximum absolute atomic E-state index is 11.6. The summed E-state index contributed by atoms with van der Waals surface area (Å²) in [6.07, 6.45) is 1.35. The number of nitrogens with two attached hydrogens (primary N) is 1. The van der Waals surface area contributed by atoms with Gasteiger partial charge in [-0.3, -0.25) is 10.0 Å². The summed E-state index contributed by atoms with van der Waals surface area (Å²) >= 11 is 0. The molecule has 0 spiro atoms. The second-order valence-electron chi connectivity index (χ2n) is 5.19. The van der Waals surface area contributed by atoms with Gasteiger partial charge in [0.05, 0.1) is 12.1 Å². The smallest absolute Gasteiger partial charge is 0.323 e. The molecule has 0 atom stereocenters. The van der Waals surface area contributed by atoms with E-state index in [1.165, 1.54) is 11.2 Å². The molecule has 2 aromatic rings. The van der Waals surface area contributed by atoms with E-state index in [9.17, 15) is 13.2 Å². The van der Waals surface area contributed by atoms with Crippen molar-refractivity contribution in [1.29, 1.82) is 0 Å². The Morgan fingerprint density at radius 2 is 1.88 bits per heavy atom. The van der Waals surface area contributed by atoms with Gasteiger partial charge in [-0.25, -0.2) is 19.9 Å². The summed E-state index contributed by atoms with van der Waals surface area (Å²) in [6.45, 7) is 0.370. The van der Waals surface area contributed by atoms with Gasteiger partial charge >= 0.3 is 6.03 Å². The molecular formula is C13H15N7O3S. The summed E-state index contributed by atoms with van der Waals surface area (Å²) in [5, 5.41) is 10.7. The van der Waals surface area contributed by atoms with Gasteiger partial charge in [0.25, 0.3) is 10.2 Å². The highest BCUT2D eigenvalue weighted by Gasteiger charge is 2.23. The molecule has 0 saturated carbocycles. The molecule has 0 fully saturated rings. The third-order valence-electron chi connectivity index (χ3n) is 3.32. The third kappa shape index (κ3) is 3.52. The summed E-state index contributed by atoms with van der Waals surface area (Å²) in [4.78, 5) is 21.4. The first-order valence-corrected chi connectivity index (χ1v) is 8.40. The van der Waals surface area contributed by atoms with Crippen LogP contribution in [0.15, 0.2) is 30.6 Å². The molecule has 1 aliphatic heterocycles. The van der Waals surface area contributed by atoms with Crippen LogP contribution < -0.4 is 20.5 Å². The molecule has 10 nitrogen and oxygen atoms in total. The van der Waals surface area contributed by atoms with E-state index in [4.69, 9.17) is 5.14 Å². The lowest BCUT2D eigenvalue weighted by Gasteiger charge is -2.26. The summed E-state index contributed by atoms with van der Waals surface area (Å²) in [5.41, 5.74) is 1.79. The Hall–Kier alpha value is -2.92. The second-order valence-corrected chi connectivity index (χ2v) is 6.48.